The maximum atomic E-state index is 7.00. The number of aliphatic hydroxyl groups excluding tert-OH is 1. The molecule has 4 heteroatoms. The van der Waals surface area contributed by atoms with Crippen LogP contribution in [-0.2, 0) is 20.4 Å². The van der Waals surface area contributed by atoms with Crippen LogP contribution in [-0.4, -0.2) is 12.2 Å². The Bertz CT molecular complexity index is 242. The van der Waals surface area contributed by atoms with E-state index in [2.05, 4.69) is 55.1 Å². The molecule has 0 unspecified atom stereocenters. The fourth-order valence-corrected chi connectivity index (χ4v) is 2.18. The van der Waals surface area contributed by atoms with Crippen molar-refractivity contribution in [2.24, 2.45) is 5.41 Å². The minimum absolute atomic E-state index is 0. The van der Waals surface area contributed by atoms with Crippen LogP contribution in [0.5, 0.6) is 0 Å². The molecule has 89 valence electrons. The molecule has 0 aromatic heterocycles. The Morgan fingerprint density at radius 2 is 1.27 bits per heavy atom. The standard InChI is InChI=1S/C10H15.CH4O.2ClH.Ti/c1-7-6-10(4,5)9(3)8(7)2;1-2;;;/h1-5H3;2H,1H3;2*1H;. The second-order valence-electron chi connectivity index (χ2n) is 3.88. The molecule has 1 N–H and O–H groups in total. The van der Waals surface area contributed by atoms with E-state index in [1.165, 1.54) is 20.6 Å². The Balaban J connectivity index is -0.000000339. The van der Waals surface area contributed by atoms with Crippen molar-refractivity contribution >= 4 is 24.8 Å². The van der Waals surface area contributed by atoms with E-state index in [0.717, 1.165) is 7.11 Å². The Morgan fingerprint density at radius 3 is 1.33 bits per heavy atom. The summed E-state index contributed by atoms with van der Waals surface area (Å²) in [6.07, 6.45) is 0. The predicted molar refractivity (Wildman–Crippen MR) is 67.5 cm³/mol. The smallest absolute Gasteiger partial charge is 0.0319 e. The Kier molecular flexibility index (Phi) is 11.1. The van der Waals surface area contributed by atoms with Gasteiger partial charge in [0.2, 0.25) is 0 Å². The molecule has 0 amide bonds. The van der Waals surface area contributed by atoms with Gasteiger partial charge in [-0.15, -0.1) is 24.8 Å². The van der Waals surface area contributed by atoms with E-state index in [-0.39, 0.29) is 24.8 Å². The van der Waals surface area contributed by atoms with Gasteiger partial charge in [-0.1, -0.05) is 0 Å². The number of hydrogen-bond donors (Lipinski definition) is 1. The van der Waals surface area contributed by atoms with Crippen LogP contribution >= 0.6 is 24.8 Å². The topological polar surface area (TPSA) is 20.2 Å². The van der Waals surface area contributed by atoms with E-state index in [1.54, 1.807) is 0 Å². The summed E-state index contributed by atoms with van der Waals surface area (Å²) in [4.78, 5) is 0. The molecule has 1 aliphatic carbocycles. The fraction of sp³-hybridized carbons (Fsp3) is 0.636. The first-order chi connectivity index (χ1) is 5.89. The van der Waals surface area contributed by atoms with Gasteiger partial charge in [0.05, 0.1) is 0 Å². The zero-order chi connectivity index (χ0) is 10.8. The first kappa shape index (κ1) is 21.1. The number of aliphatic hydroxyl groups is 1. The Morgan fingerprint density at radius 1 is 0.933 bits per heavy atom. The number of halogens is 2. The molecule has 1 nitrogen and oxygen atoms in total. The molecule has 1 aliphatic rings. The average molecular weight is 288 g/mol. The minimum Gasteiger partial charge on any atom is -0.400 e. The molecule has 0 heterocycles. The van der Waals surface area contributed by atoms with E-state index in [1.807, 2.05) is 0 Å². The van der Waals surface area contributed by atoms with Gasteiger partial charge in [0.15, 0.2) is 0 Å². The molecule has 0 bridgehead atoms. The minimum atomic E-state index is 0. The van der Waals surface area contributed by atoms with Crippen molar-refractivity contribution in [1.82, 2.24) is 0 Å². The quantitative estimate of drug-likeness (QED) is 0.675. The third kappa shape index (κ3) is 3.91. The van der Waals surface area contributed by atoms with Gasteiger partial charge in [0.25, 0.3) is 0 Å². The van der Waals surface area contributed by atoms with Crippen LogP contribution in [0.25, 0.3) is 0 Å². The molecule has 15 heavy (non-hydrogen) atoms. The van der Waals surface area contributed by atoms with Gasteiger partial charge in [-0.05, 0) is 0 Å². The van der Waals surface area contributed by atoms with Crippen molar-refractivity contribution in [1.29, 1.82) is 0 Å². The second kappa shape index (κ2) is 7.92. The average Bonchev–Trinajstić information content (AvgIpc) is 2.25. The maximum Gasteiger partial charge on any atom is 0.0319 e. The van der Waals surface area contributed by atoms with E-state index in [4.69, 9.17) is 5.11 Å². The van der Waals surface area contributed by atoms with Crippen molar-refractivity contribution < 1.29 is 25.5 Å². The molecule has 0 spiro atoms. The fourth-order valence-electron chi connectivity index (χ4n) is 1.59. The summed E-state index contributed by atoms with van der Waals surface area (Å²) >= 11 is 2.25. The van der Waals surface area contributed by atoms with Gasteiger partial charge in [-0.25, -0.2) is 0 Å². The SMILES string of the molecule is CC1=C(C)C(C)(C)[C]([Ti])=C1C.CO.Cl.Cl. The van der Waals surface area contributed by atoms with Crippen molar-refractivity contribution in [2.45, 2.75) is 34.6 Å². The molecule has 0 aromatic rings. The van der Waals surface area contributed by atoms with Crippen molar-refractivity contribution in [3.63, 3.8) is 0 Å². The van der Waals surface area contributed by atoms with Crippen molar-refractivity contribution in [3.05, 3.63) is 20.6 Å². The summed E-state index contributed by atoms with van der Waals surface area (Å²) < 4.78 is 1.53. The van der Waals surface area contributed by atoms with Gasteiger partial charge < -0.3 is 5.11 Å². The van der Waals surface area contributed by atoms with Crippen LogP contribution in [0.15, 0.2) is 20.6 Å². The normalized spacial score (nSPS) is 17.5. The summed E-state index contributed by atoms with van der Waals surface area (Å²) in [6.45, 7) is 11.3. The van der Waals surface area contributed by atoms with Crippen LogP contribution in [0.4, 0.5) is 0 Å². The van der Waals surface area contributed by atoms with Crippen LogP contribution in [0, 0.1) is 5.41 Å². The third-order valence-corrected chi connectivity index (χ3v) is 4.62. The van der Waals surface area contributed by atoms with Crippen molar-refractivity contribution in [3.8, 4) is 0 Å². The third-order valence-electron chi connectivity index (χ3n) is 3.06. The largest absolute Gasteiger partial charge is 0.400 e. The zero-order valence-electron chi connectivity index (χ0n) is 10.3. The van der Waals surface area contributed by atoms with E-state index in [9.17, 15) is 0 Å². The van der Waals surface area contributed by atoms with Gasteiger partial charge in [-0.2, -0.15) is 0 Å². The van der Waals surface area contributed by atoms with E-state index >= 15 is 0 Å². The Labute approximate surface area is 118 Å². The second-order valence-corrected chi connectivity index (χ2v) is 4.66. The summed E-state index contributed by atoms with van der Waals surface area (Å²) in [5, 5.41) is 7.00. The molecule has 0 radical (unpaired) electrons. The van der Waals surface area contributed by atoms with Gasteiger partial charge >= 0.3 is 81.1 Å². The van der Waals surface area contributed by atoms with Crippen LogP contribution in [0.2, 0.25) is 0 Å². The Hall–Kier alpha value is 0.734. The van der Waals surface area contributed by atoms with Crippen molar-refractivity contribution in [2.75, 3.05) is 7.11 Å². The zero-order valence-corrected chi connectivity index (χ0v) is 13.5. The van der Waals surface area contributed by atoms with Gasteiger partial charge in [0.1, 0.15) is 0 Å². The van der Waals surface area contributed by atoms with Crippen LogP contribution < -0.4 is 0 Å². The number of rotatable bonds is 0. The summed E-state index contributed by atoms with van der Waals surface area (Å²) in [5.74, 6) is 0. The summed E-state index contributed by atoms with van der Waals surface area (Å²) in [7, 11) is 1.00. The van der Waals surface area contributed by atoms with Crippen LogP contribution in [0.3, 0.4) is 0 Å². The number of allylic oxidation sites excluding steroid dienone is 4. The van der Waals surface area contributed by atoms with E-state index < -0.39 is 0 Å². The predicted octanol–water partition coefficient (Wildman–Crippen LogP) is 3.64. The monoisotopic (exact) mass is 287 g/mol. The molecule has 0 aliphatic heterocycles. The first-order valence-electron chi connectivity index (χ1n) is 4.45. The summed E-state index contributed by atoms with van der Waals surface area (Å²) in [5.41, 5.74) is 4.83. The van der Waals surface area contributed by atoms with E-state index in [0.29, 0.717) is 5.41 Å². The number of hydrogen-bond acceptors (Lipinski definition) is 1. The molecule has 0 aromatic carbocycles. The van der Waals surface area contributed by atoms with Gasteiger partial charge in [-0.3, -0.25) is 0 Å². The molecular weight excluding hydrogens is 267 g/mol. The first-order valence-corrected chi connectivity index (χ1v) is 5.23. The summed E-state index contributed by atoms with van der Waals surface area (Å²) in [6, 6.07) is 0. The molecular formula is C11H21Cl2OTi. The maximum absolute atomic E-state index is 7.00. The molecule has 1 rings (SSSR count). The van der Waals surface area contributed by atoms with Gasteiger partial charge in [0, 0.05) is 7.11 Å². The molecule has 0 saturated carbocycles. The van der Waals surface area contributed by atoms with Crippen LogP contribution in [0.1, 0.15) is 34.6 Å². The molecule has 0 atom stereocenters. The molecule has 0 fully saturated rings. The molecule has 0 saturated heterocycles.